The second-order valence-corrected chi connectivity index (χ2v) is 4.25. The van der Waals surface area contributed by atoms with Crippen LogP contribution in [0.1, 0.15) is 25.8 Å². The predicted molar refractivity (Wildman–Crippen MR) is 66.0 cm³/mol. The third-order valence-corrected chi connectivity index (χ3v) is 3.14. The van der Waals surface area contributed by atoms with Crippen molar-refractivity contribution in [3.05, 3.63) is 41.5 Å². The Morgan fingerprint density at radius 3 is 2.35 bits per heavy atom. The quantitative estimate of drug-likeness (QED) is 0.807. The van der Waals surface area contributed by atoms with Gasteiger partial charge in [0.15, 0.2) is 0 Å². The first-order valence-corrected chi connectivity index (χ1v) is 5.80. The molecule has 0 bridgehead atoms. The molecule has 3 nitrogen and oxygen atoms in total. The molecule has 1 unspecified atom stereocenters. The SMILES string of the molecule is CCC(C)C1=C(c2ccccc2)C(=O)NC1=O. The van der Waals surface area contributed by atoms with Gasteiger partial charge in [0, 0.05) is 5.57 Å². The van der Waals surface area contributed by atoms with Crippen LogP contribution in [-0.4, -0.2) is 11.8 Å². The molecule has 1 atom stereocenters. The maximum atomic E-state index is 11.8. The maximum Gasteiger partial charge on any atom is 0.259 e. The molecule has 3 heteroatoms. The van der Waals surface area contributed by atoms with E-state index in [4.69, 9.17) is 0 Å². The lowest BCUT2D eigenvalue weighted by Crippen LogP contribution is -2.24. The highest BCUT2D eigenvalue weighted by Gasteiger charge is 2.33. The van der Waals surface area contributed by atoms with Crippen molar-refractivity contribution in [1.82, 2.24) is 5.32 Å². The molecule has 0 radical (unpaired) electrons. The summed E-state index contributed by atoms with van der Waals surface area (Å²) in [6, 6.07) is 9.34. The van der Waals surface area contributed by atoms with E-state index in [0.717, 1.165) is 12.0 Å². The van der Waals surface area contributed by atoms with E-state index in [0.29, 0.717) is 11.1 Å². The van der Waals surface area contributed by atoms with E-state index in [1.165, 1.54) is 0 Å². The molecular weight excluding hydrogens is 214 g/mol. The maximum absolute atomic E-state index is 11.8. The summed E-state index contributed by atoms with van der Waals surface area (Å²) in [6.07, 6.45) is 0.840. The number of carbonyl (C=O) groups excluding carboxylic acids is 2. The Balaban J connectivity index is 2.56. The zero-order valence-electron chi connectivity index (χ0n) is 9.99. The van der Waals surface area contributed by atoms with Crippen LogP contribution in [0, 0.1) is 5.92 Å². The zero-order chi connectivity index (χ0) is 12.4. The molecule has 1 heterocycles. The van der Waals surface area contributed by atoms with Gasteiger partial charge in [-0.1, -0.05) is 44.2 Å². The molecule has 88 valence electrons. The molecule has 1 aromatic carbocycles. The zero-order valence-corrected chi connectivity index (χ0v) is 9.99. The lowest BCUT2D eigenvalue weighted by Gasteiger charge is -2.10. The molecule has 1 aliphatic heterocycles. The number of benzene rings is 1. The Bertz CT molecular complexity index is 488. The minimum absolute atomic E-state index is 0.0941. The Hall–Kier alpha value is -1.90. The minimum Gasteiger partial charge on any atom is -0.288 e. The highest BCUT2D eigenvalue weighted by atomic mass is 16.2. The average Bonchev–Trinajstić information content (AvgIpc) is 2.64. The Morgan fingerprint density at radius 1 is 1.12 bits per heavy atom. The van der Waals surface area contributed by atoms with Crippen molar-refractivity contribution in [2.75, 3.05) is 0 Å². The number of amides is 2. The molecule has 1 N–H and O–H groups in total. The number of carbonyl (C=O) groups is 2. The van der Waals surface area contributed by atoms with E-state index in [2.05, 4.69) is 5.32 Å². The molecule has 2 amide bonds. The normalized spacial score (nSPS) is 17.3. The second kappa shape index (κ2) is 4.53. The van der Waals surface area contributed by atoms with Crippen molar-refractivity contribution < 1.29 is 9.59 Å². The lowest BCUT2D eigenvalue weighted by atomic mass is 9.91. The fourth-order valence-corrected chi connectivity index (χ4v) is 2.03. The molecule has 1 aromatic rings. The molecule has 0 spiro atoms. The highest BCUT2D eigenvalue weighted by Crippen LogP contribution is 2.29. The molecule has 2 rings (SSSR count). The number of rotatable bonds is 3. The summed E-state index contributed by atoms with van der Waals surface area (Å²) < 4.78 is 0. The van der Waals surface area contributed by atoms with E-state index >= 15 is 0 Å². The fourth-order valence-electron chi connectivity index (χ4n) is 2.03. The summed E-state index contributed by atoms with van der Waals surface area (Å²) in [6.45, 7) is 3.98. The van der Waals surface area contributed by atoms with Gasteiger partial charge in [-0.3, -0.25) is 14.9 Å². The van der Waals surface area contributed by atoms with Crippen LogP contribution in [0.3, 0.4) is 0 Å². The Kier molecular flexibility index (Phi) is 3.09. The molecule has 0 saturated carbocycles. The molecule has 1 aliphatic rings. The van der Waals surface area contributed by atoms with Crippen molar-refractivity contribution >= 4 is 17.4 Å². The van der Waals surface area contributed by atoms with E-state index in [1.807, 2.05) is 44.2 Å². The number of hydrogen-bond acceptors (Lipinski definition) is 2. The Labute approximate surface area is 101 Å². The first-order chi connectivity index (χ1) is 8.15. The van der Waals surface area contributed by atoms with Crippen LogP contribution < -0.4 is 5.32 Å². The summed E-state index contributed by atoms with van der Waals surface area (Å²) in [5, 5.41) is 2.38. The van der Waals surface area contributed by atoms with Gasteiger partial charge >= 0.3 is 0 Å². The van der Waals surface area contributed by atoms with Crippen molar-refractivity contribution in [3.63, 3.8) is 0 Å². The van der Waals surface area contributed by atoms with Crippen molar-refractivity contribution in [3.8, 4) is 0 Å². The van der Waals surface area contributed by atoms with Crippen LogP contribution >= 0.6 is 0 Å². The molecule has 0 saturated heterocycles. The van der Waals surface area contributed by atoms with E-state index in [-0.39, 0.29) is 17.7 Å². The van der Waals surface area contributed by atoms with Crippen LogP contribution in [0.2, 0.25) is 0 Å². The van der Waals surface area contributed by atoms with Crippen LogP contribution in [0.5, 0.6) is 0 Å². The predicted octanol–water partition coefficient (Wildman–Crippen LogP) is 2.14. The molecule has 0 aliphatic carbocycles. The van der Waals surface area contributed by atoms with Gasteiger partial charge in [-0.15, -0.1) is 0 Å². The summed E-state index contributed by atoms with van der Waals surface area (Å²) in [5.41, 5.74) is 1.96. The first kappa shape index (κ1) is 11.6. The second-order valence-electron chi connectivity index (χ2n) is 4.25. The van der Waals surface area contributed by atoms with Crippen LogP contribution in [0.15, 0.2) is 35.9 Å². The van der Waals surface area contributed by atoms with Crippen LogP contribution in [0.4, 0.5) is 0 Å². The first-order valence-electron chi connectivity index (χ1n) is 5.80. The standard InChI is InChI=1S/C14H15NO2/c1-3-9(2)11-12(14(17)15-13(11)16)10-7-5-4-6-8-10/h4-9H,3H2,1-2H3,(H,15,16,17). The van der Waals surface area contributed by atoms with Gasteiger partial charge in [-0.05, 0) is 17.9 Å². The van der Waals surface area contributed by atoms with Crippen molar-refractivity contribution in [1.29, 1.82) is 0 Å². The molecule has 0 fully saturated rings. The van der Waals surface area contributed by atoms with E-state index in [1.54, 1.807) is 0 Å². The number of imide groups is 1. The monoisotopic (exact) mass is 229 g/mol. The highest BCUT2D eigenvalue weighted by molar-refractivity contribution is 6.36. The van der Waals surface area contributed by atoms with Gasteiger partial charge < -0.3 is 0 Å². The lowest BCUT2D eigenvalue weighted by molar-refractivity contribution is -0.123. The summed E-state index contributed by atoms with van der Waals surface area (Å²) in [5.74, 6) is -0.434. The summed E-state index contributed by atoms with van der Waals surface area (Å²) >= 11 is 0. The Morgan fingerprint density at radius 2 is 1.76 bits per heavy atom. The minimum atomic E-state index is -0.281. The van der Waals surface area contributed by atoms with Gasteiger partial charge in [-0.25, -0.2) is 0 Å². The van der Waals surface area contributed by atoms with Gasteiger partial charge in [0.25, 0.3) is 11.8 Å². The van der Waals surface area contributed by atoms with E-state index < -0.39 is 0 Å². The van der Waals surface area contributed by atoms with Gasteiger partial charge in [0.2, 0.25) is 0 Å². The third-order valence-electron chi connectivity index (χ3n) is 3.14. The topological polar surface area (TPSA) is 46.2 Å². The van der Waals surface area contributed by atoms with Gasteiger partial charge in [0.05, 0.1) is 5.57 Å². The fraction of sp³-hybridized carbons (Fsp3) is 0.286. The van der Waals surface area contributed by atoms with Gasteiger partial charge in [0.1, 0.15) is 0 Å². The smallest absolute Gasteiger partial charge is 0.259 e. The number of hydrogen-bond donors (Lipinski definition) is 1. The van der Waals surface area contributed by atoms with Crippen LogP contribution in [-0.2, 0) is 9.59 Å². The average molecular weight is 229 g/mol. The van der Waals surface area contributed by atoms with Crippen molar-refractivity contribution in [2.45, 2.75) is 20.3 Å². The molecule has 17 heavy (non-hydrogen) atoms. The molecular formula is C14H15NO2. The molecule has 0 aromatic heterocycles. The summed E-state index contributed by atoms with van der Waals surface area (Å²) in [7, 11) is 0. The van der Waals surface area contributed by atoms with Crippen molar-refractivity contribution in [2.24, 2.45) is 5.92 Å². The summed E-state index contributed by atoms with van der Waals surface area (Å²) in [4.78, 5) is 23.6. The number of nitrogens with one attached hydrogen (secondary N) is 1. The van der Waals surface area contributed by atoms with E-state index in [9.17, 15) is 9.59 Å². The van der Waals surface area contributed by atoms with Crippen LogP contribution in [0.25, 0.3) is 5.57 Å². The van der Waals surface area contributed by atoms with Gasteiger partial charge in [-0.2, -0.15) is 0 Å². The largest absolute Gasteiger partial charge is 0.288 e. The third kappa shape index (κ3) is 2.00.